The average molecular weight is 331 g/mol. The van der Waals surface area contributed by atoms with Crippen LogP contribution < -0.4 is 0 Å². The Bertz CT molecular complexity index is 620. The lowest BCUT2D eigenvalue weighted by molar-refractivity contribution is -0.0874. The lowest BCUT2D eigenvalue weighted by atomic mass is 9.65. The van der Waals surface area contributed by atoms with Crippen LogP contribution in [-0.2, 0) is 23.1 Å². The van der Waals surface area contributed by atoms with E-state index in [-0.39, 0.29) is 5.41 Å². The first kappa shape index (κ1) is 16.3. The maximum absolute atomic E-state index is 6.00. The Balaban J connectivity index is 1.62. The summed E-state index contributed by atoms with van der Waals surface area (Å²) in [4.78, 5) is 2.70. The number of hydrogen-bond acceptors (Lipinski definition) is 4. The second-order valence-corrected chi connectivity index (χ2v) is 7.55. The van der Waals surface area contributed by atoms with E-state index in [1.807, 2.05) is 11.7 Å². The summed E-state index contributed by atoms with van der Waals surface area (Å²) in [5.41, 5.74) is 4.31. The van der Waals surface area contributed by atoms with Crippen molar-refractivity contribution in [3.05, 3.63) is 29.1 Å². The molecule has 4 rings (SSSR count). The summed E-state index contributed by atoms with van der Waals surface area (Å²) in [5, 5.41) is 4.53. The molecule has 24 heavy (non-hydrogen) atoms. The molecule has 3 aliphatic heterocycles. The van der Waals surface area contributed by atoms with E-state index in [1.165, 1.54) is 24.9 Å². The van der Waals surface area contributed by atoms with E-state index in [4.69, 9.17) is 9.47 Å². The monoisotopic (exact) mass is 331 g/mol. The van der Waals surface area contributed by atoms with Crippen molar-refractivity contribution in [2.24, 2.45) is 12.5 Å². The fourth-order valence-corrected chi connectivity index (χ4v) is 5.00. The maximum Gasteiger partial charge on any atom is 0.0650 e. The Morgan fingerprint density at radius 3 is 3.00 bits per heavy atom. The van der Waals surface area contributed by atoms with Gasteiger partial charge in [-0.3, -0.25) is 9.58 Å². The number of aromatic nitrogens is 2. The first-order chi connectivity index (χ1) is 11.7. The summed E-state index contributed by atoms with van der Waals surface area (Å²) >= 11 is 0. The van der Waals surface area contributed by atoms with Crippen molar-refractivity contribution in [2.45, 2.75) is 45.2 Å². The smallest absolute Gasteiger partial charge is 0.0650 e. The van der Waals surface area contributed by atoms with E-state index in [2.05, 4.69) is 29.2 Å². The molecule has 0 saturated carbocycles. The van der Waals surface area contributed by atoms with Gasteiger partial charge < -0.3 is 9.47 Å². The highest BCUT2D eigenvalue weighted by Gasteiger charge is 2.49. The first-order valence-electron chi connectivity index (χ1n) is 9.27. The minimum absolute atomic E-state index is 0.205. The van der Waals surface area contributed by atoms with Crippen LogP contribution in [0.25, 0.3) is 0 Å². The van der Waals surface area contributed by atoms with E-state index in [0.29, 0.717) is 6.04 Å². The Morgan fingerprint density at radius 1 is 1.33 bits per heavy atom. The molecule has 0 aliphatic carbocycles. The van der Waals surface area contributed by atoms with Crippen molar-refractivity contribution in [2.75, 3.05) is 33.0 Å². The van der Waals surface area contributed by atoms with Crippen LogP contribution in [0.4, 0.5) is 0 Å². The topological polar surface area (TPSA) is 39.5 Å². The van der Waals surface area contributed by atoms with E-state index in [9.17, 15) is 0 Å². The third kappa shape index (κ3) is 2.83. The minimum Gasteiger partial charge on any atom is -0.380 e. The molecule has 2 atom stereocenters. The standard InChI is InChI=1S/C19H29N3O2/c1-15-16(12-21(2)20-15)13-22-8-3-7-19(14-24-11-6-18(19)22)17-4-9-23-10-5-17/h4,12,18H,3,5-11,13-14H2,1-2H3/t18-,19-/m0/s1. The molecule has 5 nitrogen and oxygen atoms in total. The lowest BCUT2D eigenvalue weighted by Gasteiger charge is -2.54. The van der Waals surface area contributed by atoms with Gasteiger partial charge >= 0.3 is 0 Å². The van der Waals surface area contributed by atoms with Gasteiger partial charge in [-0.25, -0.2) is 0 Å². The zero-order chi connectivity index (χ0) is 16.6. The van der Waals surface area contributed by atoms with Gasteiger partial charge in [0.15, 0.2) is 0 Å². The molecule has 1 aromatic heterocycles. The molecule has 2 fully saturated rings. The number of fused-ring (bicyclic) bond motifs is 1. The molecule has 0 amide bonds. The van der Waals surface area contributed by atoms with Crippen molar-refractivity contribution in [1.82, 2.24) is 14.7 Å². The van der Waals surface area contributed by atoms with Crippen LogP contribution in [0.3, 0.4) is 0 Å². The van der Waals surface area contributed by atoms with Crippen LogP contribution in [0.5, 0.6) is 0 Å². The summed E-state index contributed by atoms with van der Waals surface area (Å²) in [5.74, 6) is 0. The predicted molar refractivity (Wildman–Crippen MR) is 92.8 cm³/mol. The highest BCUT2D eigenvalue weighted by Crippen LogP contribution is 2.48. The average Bonchev–Trinajstić information content (AvgIpc) is 2.93. The highest BCUT2D eigenvalue weighted by molar-refractivity contribution is 5.24. The van der Waals surface area contributed by atoms with Crippen molar-refractivity contribution >= 4 is 0 Å². The van der Waals surface area contributed by atoms with Crippen molar-refractivity contribution in [3.63, 3.8) is 0 Å². The molecule has 0 aromatic carbocycles. The first-order valence-corrected chi connectivity index (χ1v) is 9.27. The number of ether oxygens (including phenoxy) is 2. The molecule has 0 N–H and O–H groups in total. The van der Waals surface area contributed by atoms with Crippen LogP contribution in [0.1, 0.15) is 36.9 Å². The van der Waals surface area contributed by atoms with Crippen LogP contribution in [0, 0.1) is 12.3 Å². The van der Waals surface area contributed by atoms with Gasteiger partial charge in [-0.05, 0) is 39.2 Å². The Kier molecular flexibility index (Phi) is 4.50. The summed E-state index contributed by atoms with van der Waals surface area (Å²) in [7, 11) is 2.01. The zero-order valence-corrected chi connectivity index (χ0v) is 15.0. The van der Waals surface area contributed by atoms with Crippen molar-refractivity contribution in [1.29, 1.82) is 0 Å². The molecule has 5 heteroatoms. The summed E-state index contributed by atoms with van der Waals surface area (Å²) < 4.78 is 13.5. The van der Waals surface area contributed by atoms with Gasteiger partial charge in [0, 0.05) is 43.4 Å². The highest BCUT2D eigenvalue weighted by atomic mass is 16.5. The maximum atomic E-state index is 6.00. The summed E-state index contributed by atoms with van der Waals surface area (Å²) in [6.45, 7) is 7.72. The lowest BCUT2D eigenvalue weighted by Crippen LogP contribution is -2.57. The van der Waals surface area contributed by atoms with Gasteiger partial charge in [0.1, 0.15) is 0 Å². The molecule has 0 spiro atoms. The second-order valence-electron chi connectivity index (χ2n) is 7.55. The quantitative estimate of drug-likeness (QED) is 0.798. The van der Waals surface area contributed by atoms with E-state index >= 15 is 0 Å². The van der Waals surface area contributed by atoms with Gasteiger partial charge in [0.25, 0.3) is 0 Å². The van der Waals surface area contributed by atoms with Crippen molar-refractivity contribution in [3.8, 4) is 0 Å². The van der Waals surface area contributed by atoms with Crippen LogP contribution in [0.2, 0.25) is 0 Å². The molecular formula is C19H29N3O2. The van der Waals surface area contributed by atoms with E-state index < -0.39 is 0 Å². The molecule has 0 bridgehead atoms. The summed E-state index contributed by atoms with van der Waals surface area (Å²) in [6, 6.07) is 0.587. The normalized spacial score (nSPS) is 31.6. The molecule has 2 saturated heterocycles. The van der Waals surface area contributed by atoms with Crippen LogP contribution >= 0.6 is 0 Å². The fraction of sp³-hybridized carbons (Fsp3) is 0.737. The molecule has 0 radical (unpaired) electrons. The molecule has 0 unspecified atom stereocenters. The van der Waals surface area contributed by atoms with E-state index in [0.717, 1.165) is 51.5 Å². The van der Waals surface area contributed by atoms with Gasteiger partial charge in [-0.1, -0.05) is 11.6 Å². The second kappa shape index (κ2) is 6.62. The molecular weight excluding hydrogens is 302 g/mol. The molecule has 3 aliphatic rings. The number of piperidine rings is 1. The number of aryl methyl sites for hydroxylation is 2. The largest absolute Gasteiger partial charge is 0.380 e. The Hall–Kier alpha value is -1.17. The summed E-state index contributed by atoms with van der Waals surface area (Å²) in [6.07, 6.45) is 9.23. The Morgan fingerprint density at radius 2 is 2.25 bits per heavy atom. The number of likely N-dealkylation sites (tertiary alicyclic amines) is 1. The predicted octanol–water partition coefficient (Wildman–Crippen LogP) is 2.45. The van der Waals surface area contributed by atoms with Gasteiger partial charge in [-0.15, -0.1) is 0 Å². The number of hydrogen-bond donors (Lipinski definition) is 0. The van der Waals surface area contributed by atoms with Crippen LogP contribution in [0.15, 0.2) is 17.8 Å². The third-order valence-corrected chi connectivity index (χ3v) is 6.13. The van der Waals surface area contributed by atoms with Gasteiger partial charge in [0.05, 0.1) is 25.5 Å². The molecule has 132 valence electrons. The Labute approximate surface area is 144 Å². The third-order valence-electron chi connectivity index (χ3n) is 6.13. The van der Waals surface area contributed by atoms with Crippen molar-refractivity contribution < 1.29 is 9.47 Å². The van der Waals surface area contributed by atoms with E-state index in [1.54, 1.807) is 5.57 Å². The molecule has 1 aromatic rings. The van der Waals surface area contributed by atoms with Crippen LogP contribution in [-0.4, -0.2) is 53.7 Å². The SMILES string of the molecule is Cc1nn(C)cc1CN1CCC[C@@]2(C3=CCOCC3)COCC[C@H]12. The van der Waals surface area contributed by atoms with Gasteiger partial charge in [0.2, 0.25) is 0 Å². The fourth-order valence-electron chi connectivity index (χ4n) is 5.00. The number of nitrogens with zero attached hydrogens (tertiary/aromatic N) is 3. The molecule has 4 heterocycles. The number of rotatable bonds is 3. The minimum atomic E-state index is 0.205. The van der Waals surface area contributed by atoms with Gasteiger partial charge in [-0.2, -0.15) is 5.10 Å². The zero-order valence-electron chi connectivity index (χ0n) is 15.0.